The minimum Gasteiger partial charge on any atom is -0.461 e. The minimum absolute atomic E-state index is 0.0711. The van der Waals surface area contributed by atoms with Crippen LogP contribution in [0.15, 0.2) is 22.9 Å². The normalized spacial score (nSPS) is 12.6. The summed E-state index contributed by atoms with van der Waals surface area (Å²) < 4.78 is 31.0. The number of ether oxygens (including phenoxy) is 1. The zero-order valence-corrected chi connectivity index (χ0v) is 10.8. The Balaban J connectivity index is 2.85. The number of hydrogen-bond acceptors (Lipinski definition) is 3. The first kappa shape index (κ1) is 13.3. The van der Waals surface area contributed by atoms with Crippen LogP contribution in [0.4, 0.5) is 8.78 Å². The Morgan fingerprint density at radius 3 is 2.88 bits per heavy atom. The van der Waals surface area contributed by atoms with Gasteiger partial charge in [0.15, 0.2) is 0 Å². The van der Waals surface area contributed by atoms with E-state index in [-0.39, 0.29) is 11.1 Å². The van der Waals surface area contributed by atoms with E-state index in [9.17, 15) is 13.6 Å². The van der Waals surface area contributed by atoms with Crippen LogP contribution in [0.1, 0.15) is 12.5 Å². The summed E-state index contributed by atoms with van der Waals surface area (Å²) in [5.74, 6) is -5.15. The lowest BCUT2D eigenvalue weighted by molar-refractivity contribution is -0.164. The summed E-state index contributed by atoms with van der Waals surface area (Å²) in [7, 11) is 0. The predicted octanol–water partition coefficient (Wildman–Crippen LogP) is 3.68. The van der Waals surface area contributed by atoms with Gasteiger partial charge in [0.25, 0.3) is 0 Å². The topological polar surface area (TPSA) is 26.3 Å². The van der Waals surface area contributed by atoms with Crippen LogP contribution in [0.3, 0.4) is 0 Å². The molecule has 0 aliphatic rings. The Morgan fingerprint density at radius 1 is 1.69 bits per heavy atom. The molecule has 1 rings (SSSR count). The number of alkyl halides is 2. The summed E-state index contributed by atoms with van der Waals surface area (Å²) in [6.07, 6.45) is 0.549. The molecule has 16 heavy (non-hydrogen) atoms. The first-order valence-corrected chi connectivity index (χ1v) is 6.17. The lowest BCUT2D eigenvalue weighted by Gasteiger charge is -2.10. The monoisotopic (exact) mass is 310 g/mol. The quantitative estimate of drug-likeness (QED) is 0.793. The molecule has 0 aliphatic carbocycles. The molecule has 1 aromatic rings. The number of halogens is 3. The third kappa shape index (κ3) is 3.38. The first-order chi connectivity index (χ1) is 7.47. The van der Waals surface area contributed by atoms with E-state index in [1.54, 1.807) is 16.8 Å². The van der Waals surface area contributed by atoms with Crippen LogP contribution in [0.2, 0.25) is 0 Å². The van der Waals surface area contributed by atoms with Crippen LogP contribution < -0.4 is 0 Å². The molecule has 0 amide bonds. The van der Waals surface area contributed by atoms with Gasteiger partial charge >= 0.3 is 11.9 Å². The van der Waals surface area contributed by atoms with Gasteiger partial charge in [-0.1, -0.05) is 15.9 Å². The predicted molar refractivity (Wildman–Crippen MR) is 62.8 cm³/mol. The molecule has 1 aromatic heterocycles. The van der Waals surface area contributed by atoms with E-state index < -0.39 is 11.9 Å². The average molecular weight is 311 g/mol. The maximum Gasteiger partial charge on any atom is 0.381 e. The minimum atomic E-state index is -3.61. The number of hydrogen-bond donors (Lipinski definition) is 0. The molecule has 2 nitrogen and oxygen atoms in total. The van der Waals surface area contributed by atoms with Crippen molar-refractivity contribution < 1.29 is 18.3 Å². The van der Waals surface area contributed by atoms with Gasteiger partial charge in [0.05, 0.1) is 6.61 Å². The van der Waals surface area contributed by atoms with Crippen LogP contribution in [-0.2, 0) is 9.53 Å². The average Bonchev–Trinajstić information content (AvgIpc) is 2.70. The van der Waals surface area contributed by atoms with E-state index in [0.717, 1.165) is 0 Å². The maximum atomic E-state index is 13.3. The number of thiophene rings is 1. The zero-order valence-electron chi connectivity index (χ0n) is 8.38. The highest BCUT2D eigenvalue weighted by molar-refractivity contribution is 9.15. The molecule has 1 heterocycles. The number of carbonyl (C=O) groups is 1. The third-order valence-corrected chi connectivity index (χ3v) is 3.02. The molecule has 0 aliphatic heterocycles. The van der Waals surface area contributed by atoms with Crippen molar-refractivity contribution >= 4 is 37.7 Å². The van der Waals surface area contributed by atoms with Gasteiger partial charge in [-0.25, -0.2) is 4.79 Å². The summed E-state index contributed by atoms with van der Waals surface area (Å²) in [6, 6.07) is 1.67. The smallest absolute Gasteiger partial charge is 0.381 e. The molecule has 0 unspecified atom stereocenters. The zero-order chi connectivity index (χ0) is 12.2. The summed E-state index contributed by atoms with van der Waals surface area (Å²) in [6.45, 7) is 1.41. The Kier molecular flexibility index (Phi) is 4.61. The highest BCUT2D eigenvalue weighted by atomic mass is 79.9. The van der Waals surface area contributed by atoms with E-state index in [1.165, 1.54) is 18.3 Å². The first-order valence-electron chi connectivity index (χ1n) is 4.43. The molecule has 0 bridgehead atoms. The molecular weight excluding hydrogens is 302 g/mol. The van der Waals surface area contributed by atoms with Gasteiger partial charge in [-0.05, 0) is 29.3 Å². The van der Waals surface area contributed by atoms with Gasteiger partial charge in [0, 0.05) is 10.6 Å². The van der Waals surface area contributed by atoms with Crippen molar-refractivity contribution in [3.05, 3.63) is 28.5 Å². The fourth-order valence-electron chi connectivity index (χ4n) is 0.929. The Bertz CT molecular complexity index is 388. The van der Waals surface area contributed by atoms with Crippen LogP contribution in [-0.4, -0.2) is 18.5 Å². The standard InChI is InChI=1S/C10H9BrF2O2S/c1-2-15-9(14)10(12,13)5-8(11)7-3-4-16-6-7/h3-6H,2H2,1H3/b8-5-. The highest BCUT2D eigenvalue weighted by Gasteiger charge is 2.38. The SMILES string of the molecule is CCOC(=O)C(F)(F)/C=C(\Br)c1ccsc1. The second-order valence-electron chi connectivity index (χ2n) is 2.85. The Morgan fingerprint density at radius 2 is 2.38 bits per heavy atom. The van der Waals surface area contributed by atoms with E-state index in [4.69, 9.17) is 0 Å². The molecule has 6 heteroatoms. The van der Waals surface area contributed by atoms with Gasteiger partial charge in [-0.3, -0.25) is 0 Å². The molecule has 88 valence electrons. The van der Waals surface area contributed by atoms with Crippen molar-refractivity contribution in [1.29, 1.82) is 0 Å². The van der Waals surface area contributed by atoms with Crippen molar-refractivity contribution in [2.75, 3.05) is 6.61 Å². The lowest BCUT2D eigenvalue weighted by Crippen LogP contribution is -2.28. The molecule has 0 radical (unpaired) electrons. The van der Waals surface area contributed by atoms with Gasteiger partial charge in [-0.2, -0.15) is 20.1 Å². The van der Waals surface area contributed by atoms with Crippen LogP contribution in [0.5, 0.6) is 0 Å². The summed E-state index contributed by atoms with van der Waals surface area (Å²) in [4.78, 5) is 10.9. The molecule has 0 saturated carbocycles. The second kappa shape index (κ2) is 5.54. The van der Waals surface area contributed by atoms with Crippen LogP contribution in [0.25, 0.3) is 4.48 Å². The van der Waals surface area contributed by atoms with Gasteiger partial charge < -0.3 is 4.74 Å². The van der Waals surface area contributed by atoms with E-state index in [0.29, 0.717) is 11.6 Å². The Labute approximate surface area is 104 Å². The third-order valence-electron chi connectivity index (χ3n) is 1.65. The highest BCUT2D eigenvalue weighted by Crippen LogP contribution is 2.29. The van der Waals surface area contributed by atoms with E-state index >= 15 is 0 Å². The molecule has 0 spiro atoms. The second-order valence-corrected chi connectivity index (χ2v) is 4.48. The summed E-state index contributed by atoms with van der Waals surface area (Å²) in [5, 5.41) is 3.45. The van der Waals surface area contributed by atoms with Gasteiger partial charge in [0.2, 0.25) is 0 Å². The largest absolute Gasteiger partial charge is 0.461 e. The summed E-state index contributed by atoms with van der Waals surface area (Å²) >= 11 is 4.38. The number of rotatable bonds is 4. The maximum absolute atomic E-state index is 13.3. The van der Waals surface area contributed by atoms with E-state index in [1.807, 2.05) is 0 Å². The fraction of sp³-hybridized carbons (Fsp3) is 0.300. The van der Waals surface area contributed by atoms with Gasteiger partial charge in [0.1, 0.15) is 0 Å². The number of esters is 1. The lowest BCUT2D eigenvalue weighted by atomic mass is 10.2. The van der Waals surface area contributed by atoms with Crippen molar-refractivity contribution in [3.8, 4) is 0 Å². The van der Waals surface area contributed by atoms with Crippen molar-refractivity contribution in [1.82, 2.24) is 0 Å². The number of carbonyl (C=O) groups excluding carboxylic acids is 1. The summed E-state index contributed by atoms with van der Waals surface area (Å²) in [5.41, 5.74) is 0.606. The van der Waals surface area contributed by atoms with Gasteiger partial charge in [-0.15, -0.1) is 0 Å². The van der Waals surface area contributed by atoms with Crippen molar-refractivity contribution in [2.24, 2.45) is 0 Å². The molecule has 0 fully saturated rings. The Hall–Kier alpha value is -0.750. The molecular formula is C10H9BrF2O2S. The van der Waals surface area contributed by atoms with E-state index in [2.05, 4.69) is 20.7 Å². The molecule has 0 aromatic carbocycles. The fourth-order valence-corrected chi connectivity index (χ4v) is 2.27. The molecule has 0 atom stereocenters. The van der Waals surface area contributed by atoms with Crippen molar-refractivity contribution in [2.45, 2.75) is 12.8 Å². The van der Waals surface area contributed by atoms with Crippen molar-refractivity contribution in [3.63, 3.8) is 0 Å². The molecule has 0 saturated heterocycles. The molecule has 0 N–H and O–H groups in total. The van der Waals surface area contributed by atoms with Crippen LogP contribution >= 0.6 is 27.3 Å². The van der Waals surface area contributed by atoms with Crippen LogP contribution in [0, 0.1) is 0 Å².